The fourth-order valence-corrected chi connectivity index (χ4v) is 6.14. The maximum absolute atomic E-state index is 6.00. The maximum atomic E-state index is 6.00. The number of rotatable bonds is 17. The summed E-state index contributed by atoms with van der Waals surface area (Å²) in [6.07, 6.45) is 32.4. The second-order valence-electron chi connectivity index (χ2n) is 11.4. The summed E-state index contributed by atoms with van der Waals surface area (Å²) in [5.74, 6) is 3.69. The molecule has 0 N–H and O–H groups in total. The monoisotopic (exact) mass is 478 g/mol. The predicted octanol–water partition coefficient (Wildman–Crippen LogP) is 10.9. The van der Waals surface area contributed by atoms with Crippen molar-refractivity contribution in [1.82, 2.24) is 0 Å². The van der Waals surface area contributed by atoms with E-state index >= 15 is 0 Å². The second kappa shape index (κ2) is 17.0. The average molecular weight is 479 g/mol. The highest BCUT2D eigenvalue weighted by Crippen LogP contribution is 2.39. The van der Waals surface area contributed by atoms with E-state index in [2.05, 4.69) is 56.3 Å². The summed E-state index contributed by atoms with van der Waals surface area (Å²) >= 11 is 0. The normalized spacial score (nSPS) is 22.2. The molecule has 1 nitrogen and oxygen atoms in total. The number of benzene rings is 1. The zero-order valence-corrected chi connectivity index (χ0v) is 23.1. The van der Waals surface area contributed by atoms with Gasteiger partial charge < -0.3 is 4.74 Å². The van der Waals surface area contributed by atoms with E-state index in [0.717, 1.165) is 30.1 Å². The summed E-state index contributed by atoms with van der Waals surface area (Å²) in [5.41, 5.74) is 2.72. The number of ether oxygens (including phenoxy) is 1. The first-order valence-corrected chi connectivity index (χ1v) is 15.4. The van der Waals surface area contributed by atoms with Crippen molar-refractivity contribution >= 4 is 5.57 Å². The van der Waals surface area contributed by atoms with Gasteiger partial charge in [-0.25, -0.2) is 0 Å². The first-order valence-electron chi connectivity index (χ1n) is 15.4. The maximum Gasteiger partial charge on any atom is 0.119 e. The van der Waals surface area contributed by atoms with Crippen LogP contribution in [-0.2, 0) is 0 Å². The standard InChI is InChI=1S/C34H54O/c1-3-5-7-9-10-11-12-14-28-35-34-26-24-33(25-27-34)32-22-20-31(21-23-32)30-18-16-29(17-19-30)15-13-8-6-4-2/h20,22-27,29-31H,3-19,21,28H2,1-2H3. The van der Waals surface area contributed by atoms with Crippen LogP contribution in [0, 0.1) is 17.8 Å². The van der Waals surface area contributed by atoms with E-state index in [1.165, 1.54) is 127 Å². The quantitative estimate of drug-likeness (QED) is 0.202. The lowest BCUT2D eigenvalue weighted by molar-refractivity contribution is 0.218. The highest BCUT2D eigenvalue weighted by Gasteiger charge is 2.26. The molecule has 1 heteroatoms. The van der Waals surface area contributed by atoms with Crippen molar-refractivity contribution in [3.8, 4) is 5.75 Å². The lowest BCUT2D eigenvalue weighted by Crippen LogP contribution is -2.21. The molecule has 2 aliphatic rings. The van der Waals surface area contributed by atoms with E-state index in [1.54, 1.807) is 0 Å². The first-order chi connectivity index (χ1) is 17.3. The molecule has 0 saturated heterocycles. The Kier molecular flexibility index (Phi) is 13.7. The Hall–Kier alpha value is -1.50. The molecular formula is C34H54O. The van der Waals surface area contributed by atoms with Crippen LogP contribution in [0.3, 0.4) is 0 Å². The summed E-state index contributed by atoms with van der Waals surface area (Å²) in [7, 11) is 0. The SMILES string of the molecule is CCCCCCCCCCOc1ccc(C2=CCC(C3CCC(CCCCCC)CC3)C=C2)cc1. The summed E-state index contributed by atoms with van der Waals surface area (Å²) < 4.78 is 6.00. The van der Waals surface area contributed by atoms with E-state index in [1.807, 2.05) is 0 Å². The molecule has 0 amide bonds. The molecule has 1 aromatic carbocycles. The zero-order valence-electron chi connectivity index (χ0n) is 23.1. The number of unbranched alkanes of at least 4 members (excludes halogenated alkanes) is 10. The molecule has 0 heterocycles. The van der Waals surface area contributed by atoms with E-state index in [-0.39, 0.29) is 0 Å². The molecule has 0 spiro atoms. The molecule has 196 valence electrons. The van der Waals surface area contributed by atoms with Gasteiger partial charge in [0.15, 0.2) is 0 Å². The molecule has 0 bridgehead atoms. The minimum atomic E-state index is 0.758. The van der Waals surface area contributed by atoms with E-state index < -0.39 is 0 Å². The van der Waals surface area contributed by atoms with Crippen molar-refractivity contribution in [3.63, 3.8) is 0 Å². The van der Waals surface area contributed by atoms with E-state index in [4.69, 9.17) is 4.74 Å². The molecule has 1 saturated carbocycles. The molecule has 1 fully saturated rings. The number of hydrogen-bond acceptors (Lipinski definition) is 1. The molecule has 0 radical (unpaired) electrons. The van der Waals surface area contributed by atoms with Gasteiger partial charge in [-0.3, -0.25) is 0 Å². The molecule has 1 atom stereocenters. The Morgan fingerprint density at radius 3 is 1.97 bits per heavy atom. The molecule has 2 aliphatic carbocycles. The van der Waals surface area contributed by atoms with Crippen molar-refractivity contribution in [1.29, 1.82) is 0 Å². The Balaban J connectivity index is 1.30. The average Bonchev–Trinajstić information content (AvgIpc) is 2.91. The second-order valence-corrected chi connectivity index (χ2v) is 11.4. The smallest absolute Gasteiger partial charge is 0.119 e. The number of hydrogen-bond donors (Lipinski definition) is 0. The Morgan fingerprint density at radius 2 is 1.34 bits per heavy atom. The molecule has 1 aromatic rings. The topological polar surface area (TPSA) is 9.23 Å². The van der Waals surface area contributed by atoms with Crippen molar-refractivity contribution in [2.45, 2.75) is 129 Å². The van der Waals surface area contributed by atoms with Crippen molar-refractivity contribution < 1.29 is 4.74 Å². The van der Waals surface area contributed by atoms with Crippen LogP contribution >= 0.6 is 0 Å². The minimum absolute atomic E-state index is 0.758. The highest BCUT2D eigenvalue weighted by atomic mass is 16.5. The van der Waals surface area contributed by atoms with Crippen molar-refractivity contribution in [2.75, 3.05) is 6.61 Å². The third-order valence-electron chi connectivity index (χ3n) is 8.55. The third kappa shape index (κ3) is 10.6. The van der Waals surface area contributed by atoms with Gasteiger partial charge in [0.2, 0.25) is 0 Å². The highest BCUT2D eigenvalue weighted by molar-refractivity contribution is 5.75. The van der Waals surface area contributed by atoms with Crippen LogP contribution in [0.2, 0.25) is 0 Å². The van der Waals surface area contributed by atoms with Crippen LogP contribution in [0.1, 0.15) is 135 Å². The predicted molar refractivity (Wildman–Crippen MR) is 154 cm³/mol. The molecular weight excluding hydrogens is 424 g/mol. The van der Waals surface area contributed by atoms with E-state index in [0.29, 0.717) is 0 Å². The largest absolute Gasteiger partial charge is 0.494 e. The molecule has 35 heavy (non-hydrogen) atoms. The van der Waals surface area contributed by atoms with Crippen LogP contribution < -0.4 is 4.74 Å². The van der Waals surface area contributed by atoms with Gasteiger partial charge >= 0.3 is 0 Å². The Labute approximate surface area is 217 Å². The van der Waals surface area contributed by atoms with E-state index in [9.17, 15) is 0 Å². The van der Waals surface area contributed by atoms with Crippen LogP contribution in [-0.4, -0.2) is 6.61 Å². The Morgan fingerprint density at radius 1 is 0.714 bits per heavy atom. The van der Waals surface area contributed by atoms with Gasteiger partial charge in [-0.15, -0.1) is 0 Å². The molecule has 3 rings (SSSR count). The van der Waals surface area contributed by atoms with Crippen LogP contribution in [0.15, 0.2) is 42.5 Å². The van der Waals surface area contributed by atoms with Crippen molar-refractivity contribution in [3.05, 3.63) is 48.1 Å². The van der Waals surface area contributed by atoms with Crippen LogP contribution in [0.5, 0.6) is 5.75 Å². The van der Waals surface area contributed by atoms with Gasteiger partial charge in [0.25, 0.3) is 0 Å². The molecule has 0 aliphatic heterocycles. The Bertz CT molecular complexity index is 719. The summed E-state index contributed by atoms with van der Waals surface area (Å²) in [5, 5.41) is 0. The molecule has 0 aromatic heterocycles. The van der Waals surface area contributed by atoms with Crippen molar-refractivity contribution in [2.24, 2.45) is 17.8 Å². The summed E-state index contributed by atoms with van der Waals surface area (Å²) in [6.45, 7) is 5.44. The van der Waals surface area contributed by atoms with Gasteiger partial charge in [-0.05, 0) is 66.7 Å². The summed E-state index contributed by atoms with van der Waals surface area (Å²) in [6, 6.07) is 8.79. The van der Waals surface area contributed by atoms with Gasteiger partial charge in [0.05, 0.1) is 6.61 Å². The van der Waals surface area contributed by atoms with Gasteiger partial charge in [0, 0.05) is 0 Å². The fourth-order valence-electron chi connectivity index (χ4n) is 6.14. The first kappa shape index (κ1) is 28.1. The fraction of sp³-hybridized carbons (Fsp3) is 0.706. The van der Waals surface area contributed by atoms with Gasteiger partial charge in [-0.2, -0.15) is 0 Å². The number of allylic oxidation sites excluding steroid dienone is 4. The lowest BCUT2D eigenvalue weighted by Gasteiger charge is -2.33. The third-order valence-corrected chi connectivity index (χ3v) is 8.55. The van der Waals surface area contributed by atoms with Crippen LogP contribution in [0.4, 0.5) is 0 Å². The van der Waals surface area contributed by atoms with Crippen LogP contribution in [0.25, 0.3) is 5.57 Å². The molecule has 1 unspecified atom stereocenters. The summed E-state index contributed by atoms with van der Waals surface area (Å²) in [4.78, 5) is 0. The van der Waals surface area contributed by atoms with Gasteiger partial charge in [0.1, 0.15) is 5.75 Å². The van der Waals surface area contributed by atoms with Gasteiger partial charge in [-0.1, -0.05) is 134 Å². The zero-order chi connectivity index (χ0) is 24.6. The lowest BCUT2D eigenvalue weighted by atomic mass is 9.72. The minimum Gasteiger partial charge on any atom is -0.494 e.